The topological polar surface area (TPSA) is 161 Å². The number of anilines is 1. The van der Waals surface area contributed by atoms with Gasteiger partial charge in [-0.15, -0.1) is 10.2 Å². The molecule has 4 N–H and O–H groups in total. The fourth-order valence-electron chi connectivity index (χ4n) is 1.47. The Bertz CT molecular complexity index is 844. The van der Waals surface area contributed by atoms with Gasteiger partial charge in [-0.2, -0.15) is 5.21 Å². The average molecular weight is 332 g/mol. The third kappa shape index (κ3) is 3.53. The molecule has 12 heteroatoms. The maximum atomic E-state index is 12.2. The van der Waals surface area contributed by atoms with Gasteiger partial charge in [-0.25, -0.2) is 21.6 Å². The Morgan fingerprint density at radius 3 is 2.57 bits per heavy atom. The van der Waals surface area contributed by atoms with Crippen LogP contribution < -0.4 is 10.5 Å². The van der Waals surface area contributed by atoms with Crippen molar-refractivity contribution in [2.75, 3.05) is 12.0 Å². The second-order valence-electron chi connectivity index (χ2n) is 4.12. The minimum absolute atomic E-state index is 0.0667. The normalized spacial score (nSPS) is 12.4. The molecule has 0 aliphatic heterocycles. The number of H-pyrrole nitrogens is 1. The SMILES string of the molecule is CS(=O)(=O)c1ccc(N)c(S(=O)(=O)NCc2nn[nH]n2)c1. The minimum Gasteiger partial charge on any atom is -0.398 e. The van der Waals surface area contributed by atoms with Crippen LogP contribution in [0.15, 0.2) is 28.0 Å². The molecule has 0 spiro atoms. The molecule has 0 fully saturated rings. The van der Waals surface area contributed by atoms with Crippen molar-refractivity contribution in [3.8, 4) is 0 Å². The second-order valence-corrected chi connectivity index (χ2v) is 7.88. The number of hydrogen-bond acceptors (Lipinski definition) is 8. The van der Waals surface area contributed by atoms with Crippen molar-refractivity contribution in [1.82, 2.24) is 25.3 Å². The fourth-order valence-corrected chi connectivity index (χ4v) is 3.33. The van der Waals surface area contributed by atoms with Gasteiger partial charge in [0.25, 0.3) is 0 Å². The van der Waals surface area contributed by atoms with Crippen LogP contribution in [0.25, 0.3) is 0 Å². The van der Waals surface area contributed by atoms with Crippen molar-refractivity contribution in [1.29, 1.82) is 0 Å². The van der Waals surface area contributed by atoms with Crippen molar-refractivity contribution in [3.63, 3.8) is 0 Å². The summed E-state index contributed by atoms with van der Waals surface area (Å²) >= 11 is 0. The molecule has 0 bridgehead atoms. The van der Waals surface area contributed by atoms with Crippen LogP contribution in [0.3, 0.4) is 0 Å². The first-order chi connectivity index (χ1) is 9.70. The Hall–Kier alpha value is -2.05. The van der Waals surface area contributed by atoms with Crippen molar-refractivity contribution < 1.29 is 16.8 Å². The zero-order chi connectivity index (χ0) is 15.7. The summed E-state index contributed by atoms with van der Waals surface area (Å²) in [5.74, 6) is 0.136. The molecule has 0 aliphatic carbocycles. The van der Waals surface area contributed by atoms with Gasteiger partial charge < -0.3 is 5.73 Å². The van der Waals surface area contributed by atoms with Crippen LogP contribution in [0.2, 0.25) is 0 Å². The van der Waals surface area contributed by atoms with E-state index in [0.717, 1.165) is 12.3 Å². The number of nitrogens with one attached hydrogen (secondary N) is 2. The van der Waals surface area contributed by atoms with E-state index in [1.165, 1.54) is 12.1 Å². The summed E-state index contributed by atoms with van der Waals surface area (Å²) in [4.78, 5) is -0.467. The maximum absolute atomic E-state index is 12.2. The Morgan fingerprint density at radius 2 is 2.00 bits per heavy atom. The molecule has 21 heavy (non-hydrogen) atoms. The first kappa shape index (κ1) is 15.3. The van der Waals surface area contributed by atoms with Gasteiger partial charge in [0, 0.05) is 6.26 Å². The lowest BCUT2D eigenvalue weighted by atomic mass is 10.3. The van der Waals surface area contributed by atoms with E-state index in [4.69, 9.17) is 5.73 Å². The van der Waals surface area contributed by atoms with E-state index < -0.39 is 19.9 Å². The molecule has 0 saturated heterocycles. The number of nitrogens with zero attached hydrogens (tertiary/aromatic N) is 3. The Labute approximate surface area is 120 Å². The van der Waals surface area contributed by atoms with Gasteiger partial charge in [-0.05, 0) is 18.2 Å². The molecule has 0 saturated carbocycles. The van der Waals surface area contributed by atoms with Crippen molar-refractivity contribution in [3.05, 3.63) is 24.0 Å². The van der Waals surface area contributed by atoms with Crippen molar-refractivity contribution in [2.24, 2.45) is 0 Å². The quantitative estimate of drug-likeness (QED) is 0.567. The van der Waals surface area contributed by atoms with Gasteiger partial charge in [-0.1, -0.05) is 5.21 Å². The highest BCUT2D eigenvalue weighted by atomic mass is 32.2. The van der Waals surface area contributed by atoms with Crippen LogP contribution >= 0.6 is 0 Å². The Balaban J connectivity index is 2.35. The lowest BCUT2D eigenvalue weighted by Gasteiger charge is -2.09. The summed E-state index contributed by atoms with van der Waals surface area (Å²) in [6, 6.07) is 3.46. The number of benzene rings is 1. The molecule has 0 aliphatic rings. The van der Waals surface area contributed by atoms with Crippen LogP contribution in [-0.2, 0) is 26.4 Å². The Kier molecular flexibility index (Phi) is 3.93. The molecule has 0 unspecified atom stereocenters. The van der Waals surface area contributed by atoms with E-state index in [9.17, 15) is 16.8 Å². The summed E-state index contributed by atoms with van der Waals surface area (Å²) in [6.45, 7) is -0.207. The molecule has 1 aromatic heterocycles. The molecule has 0 amide bonds. The molecule has 1 heterocycles. The number of sulfonamides is 1. The standard InChI is InChI=1S/C9H12N6O4S2/c1-20(16,17)6-2-3-7(10)8(4-6)21(18,19)11-5-9-12-14-15-13-9/h2-4,11H,5,10H2,1H3,(H,12,13,14,15). The maximum Gasteiger partial charge on any atom is 0.243 e. The smallest absolute Gasteiger partial charge is 0.243 e. The average Bonchev–Trinajstić information content (AvgIpc) is 2.88. The van der Waals surface area contributed by atoms with Crippen LogP contribution in [0.5, 0.6) is 0 Å². The summed E-state index contributed by atoms with van der Waals surface area (Å²) in [5, 5.41) is 12.6. The molecular weight excluding hydrogens is 320 g/mol. The predicted molar refractivity (Wildman–Crippen MR) is 72.2 cm³/mol. The minimum atomic E-state index is -4.01. The largest absolute Gasteiger partial charge is 0.398 e. The highest BCUT2D eigenvalue weighted by Gasteiger charge is 2.20. The predicted octanol–water partition coefficient (Wildman–Crippen LogP) is -1.34. The molecule has 1 aromatic carbocycles. The van der Waals surface area contributed by atoms with E-state index in [0.29, 0.717) is 0 Å². The van der Waals surface area contributed by atoms with Gasteiger partial charge >= 0.3 is 0 Å². The summed E-state index contributed by atoms with van der Waals surface area (Å²) < 4.78 is 49.5. The van der Waals surface area contributed by atoms with Crippen LogP contribution in [-0.4, -0.2) is 43.7 Å². The monoisotopic (exact) mass is 332 g/mol. The first-order valence-corrected chi connectivity index (χ1v) is 8.89. The zero-order valence-corrected chi connectivity index (χ0v) is 12.4. The molecule has 10 nitrogen and oxygen atoms in total. The van der Waals surface area contributed by atoms with Gasteiger partial charge in [0.1, 0.15) is 4.90 Å². The Morgan fingerprint density at radius 1 is 1.29 bits per heavy atom. The van der Waals surface area contributed by atoms with Gasteiger partial charge in [0.2, 0.25) is 10.0 Å². The number of rotatable bonds is 5. The zero-order valence-electron chi connectivity index (χ0n) is 10.8. The molecule has 0 radical (unpaired) electrons. The van der Waals surface area contributed by atoms with E-state index in [-0.39, 0.29) is 27.8 Å². The first-order valence-electron chi connectivity index (χ1n) is 5.52. The van der Waals surface area contributed by atoms with Crippen molar-refractivity contribution in [2.45, 2.75) is 16.3 Å². The number of aromatic amines is 1. The van der Waals surface area contributed by atoms with Gasteiger partial charge in [0.05, 0.1) is 17.1 Å². The number of sulfone groups is 1. The summed E-state index contributed by atoms with van der Waals surface area (Å²) in [6.07, 6.45) is 0.974. The molecular formula is C9H12N6O4S2. The molecule has 114 valence electrons. The fraction of sp³-hybridized carbons (Fsp3) is 0.222. The molecule has 0 atom stereocenters. The number of nitrogens with two attached hydrogens (primary N) is 1. The highest BCUT2D eigenvalue weighted by Crippen LogP contribution is 2.22. The lowest BCUT2D eigenvalue weighted by molar-refractivity contribution is 0.579. The van der Waals surface area contributed by atoms with E-state index in [2.05, 4.69) is 25.3 Å². The summed E-state index contributed by atoms with van der Waals surface area (Å²) in [5.41, 5.74) is 5.54. The number of hydrogen-bond donors (Lipinski definition) is 3. The van der Waals surface area contributed by atoms with E-state index >= 15 is 0 Å². The van der Waals surface area contributed by atoms with Crippen LogP contribution in [0.4, 0.5) is 5.69 Å². The van der Waals surface area contributed by atoms with E-state index in [1.54, 1.807) is 0 Å². The molecule has 2 rings (SSSR count). The van der Waals surface area contributed by atoms with Crippen molar-refractivity contribution >= 4 is 25.5 Å². The number of nitrogen functional groups attached to an aromatic ring is 1. The third-order valence-corrected chi connectivity index (χ3v) is 5.08. The van der Waals surface area contributed by atoms with Crippen LogP contribution in [0, 0.1) is 0 Å². The van der Waals surface area contributed by atoms with Crippen LogP contribution in [0.1, 0.15) is 5.82 Å². The highest BCUT2D eigenvalue weighted by molar-refractivity contribution is 7.91. The number of tetrazole rings is 1. The lowest BCUT2D eigenvalue weighted by Crippen LogP contribution is -2.25. The van der Waals surface area contributed by atoms with Gasteiger partial charge in [0.15, 0.2) is 15.7 Å². The molecule has 2 aromatic rings. The third-order valence-electron chi connectivity index (χ3n) is 2.51. The van der Waals surface area contributed by atoms with Gasteiger partial charge in [-0.3, -0.25) is 0 Å². The number of aromatic nitrogens is 4. The van der Waals surface area contributed by atoms with E-state index in [1.807, 2.05) is 0 Å². The second kappa shape index (κ2) is 5.38. The summed E-state index contributed by atoms with van der Waals surface area (Å²) in [7, 11) is -7.56.